The van der Waals surface area contributed by atoms with Crippen LogP contribution < -0.4 is 5.32 Å². The lowest BCUT2D eigenvalue weighted by Gasteiger charge is -2.13. The van der Waals surface area contributed by atoms with E-state index in [-0.39, 0.29) is 17.9 Å². The molecule has 0 fully saturated rings. The van der Waals surface area contributed by atoms with Crippen LogP contribution in [0.2, 0.25) is 5.02 Å². The molecule has 30 heavy (non-hydrogen) atoms. The van der Waals surface area contributed by atoms with E-state index in [9.17, 15) is 4.79 Å². The molecular formula is C22H23ClN6O. The molecule has 3 heterocycles. The van der Waals surface area contributed by atoms with Crippen LogP contribution in [0.5, 0.6) is 0 Å². The molecule has 0 atom stereocenters. The standard InChI is InChI=1S/C22H23ClN6O/c1-13(2)20-19(12-26-29(20)18-7-5-6-16(23)9-18)22(30)27-17-8-15-10-25-28(14(3)4)21(15)24-11-17/h5-14H,1-4H3,(H,27,30). The quantitative estimate of drug-likeness (QED) is 0.477. The van der Waals surface area contributed by atoms with E-state index in [4.69, 9.17) is 11.6 Å². The van der Waals surface area contributed by atoms with Gasteiger partial charge >= 0.3 is 0 Å². The molecule has 7 nitrogen and oxygen atoms in total. The maximum Gasteiger partial charge on any atom is 0.259 e. The number of fused-ring (bicyclic) bond motifs is 1. The number of nitrogens with zero attached hydrogens (tertiary/aromatic N) is 5. The Morgan fingerprint density at radius 3 is 2.57 bits per heavy atom. The van der Waals surface area contributed by atoms with Gasteiger partial charge in [0.05, 0.1) is 41.2 Å². The maximum absolute atomic E-state index is 13.1. The fourth-order valence-corrected chi connectivity index (χ4v) is 3.67. The molecule has 8 heteroatoms. The van der Waals surface area contributed by atoms with Gasteiger partial charge in [-0.3, -0.25) is 4.79 Å². The van der Waals surface area contributed by atoms with E-state index >= 15 is 0 Å². The highest BCUT2D eigenvalue weighted by Crippen LogP contribution is 2.26. The van der Waals surface area contributed by atoms with Gasteiger partial charge in [0.1, 0.15) is 0 Å². The van der Waals surface area contributed by atoms with E-state index < -0.39 is 0 Å². The van der Waals surface area contributed by atoms with Crippen LogP contribution in [0.3, 0.4) is 0 Å². The number of nitrogens with one attached hydrogen (secondary N) is 1. The van der Waals surface area contributed by atoms with Gasteiger partial charge in [-0.2, -0.15) is 10.2 Å². The Balaban J connectivity index is 1.66. The van der Waals surface area contributed by atoms with Gasteiger partial charge < -0.3 is 5.32 Å². The third-order valence-electron chi connectivity index (χ3n) is 4.83. The molecule has 0 aliphatic carbocycles. The van der Waals surface area contributed by atoms with E-state index in [2.05, 4.69) is 34.3 Å². The van der Waals surface area contributed by atoms with Crippen molar-refractivity contribution < 1.29 is 4.79 Å². The fourth-order valence-electron chi connectivity index (χ4n) is 3.49. The predicted octanol–water partition coefficient (Wildman–Crippen LogP) is 5.23. The normalized spacial score (nSPS) is 11.6. The van der Waals surface area contributed by atoms with E-state index in [1.807, 2.05) is 48.9 Å². The number of pyridine rings is 1. The zero-order valence-corrected chi connectivity index (χ0v) is 18.1. The summed E-state index contributed by atoms with van der Waals surface area (Å²) < 4.78 is 3.62. The summed E-state index contributed by atoms with van der Waals surface area (Å²) in [4.78, 5) is 17.5. The fraction of sp³-hybridized carbons (Fsp3) is 0.273. The first-order chi connectivity index (χ1) is 14.3. The number of amides is 1. The van der Waals surface area contributed by atoms with Crippen molar-refractivity contribution in [3.63, 3.8) is 0 Å². The Morgan fingerprint density at radius 1 is 1.07 bits per heavy atom. The number of rotatable bonds is 5. The highest BCUT2D eigenvalue weighted by Gasteiger charge is 2.21. The lowest BCUT2D eigenvalue weighted by atomic mass is 10.0. The summed E-state index contributed by atoms with van der Waals surface area (Å²) in [6.07, 6.45) is 5.00. The number of carbonyl (C=O) groups is 1. The molecule has 154 valence electrons. The molecule has 0 bridgehead atoms. The van der Waals surface area contributed by atoms with Crippen molar-refractivity contribution in [2.45, 2.75) is 39.7 Å². The average Bonchev–Trinajstić information content (AvgIpc) is 3.32. The van der Waals surface area contributed by atoms with Crippen LogP contribution in [-0.2, 0) is 0 Å². The molecule has 0 aliphatic heterocycles. The monoisotopic (exact) mass is 422 g/mol. The molecule has 1 aromatic carbocycles. The minimum absolute atomic E-state index is 0.0807. The summed E-state index contributed by atoms with van der Waals surface area (Å²) in [7, 11) is 0. The number of aromatic nitrogens is 5. The van der Waals surface area contributed by atoms with E-state index in [0.29, 0.717) is 16.3 Å². The third kappa shape index (κ3) is 3.68. The molecule has 1 amide bonds. The number of hydrogen-bond acceptors (Lipinski definition) is 4. The second-order valence-corrected chi connectivity index (χ2v) is 8.20. The van der Waals surface area contributed by atoms with Gasteiger partial charge in [0.2, 0.25) is 0 Å². The lowest BCUT2D eigenvalue weighted by molar-refractivity contribution is 0.102. The minimum atomic E-state index is -0.232. The van der Waals surface area contributed by atoms with E-state index in [0.717, 1.165) is 22.4 Å². The number of carbonyl (C=O) groups excluding carboxylic acids is 1. The third-order valence-corrected chi connectivity index (χ3v) is 5.07. The van der Waals surface area contributed by atoms with Crippen LogP contribution in [0.4, 0.5) is 5.69 Å². The molecule has 0 spiro atoms. The van der Waals surface area contributed by atoms with Crippen LogP contribution in [-0.4, -0.2) is 30.5 Å². The zero-order chi connectivity index (χ0) is 21.4. The van der Waals surface area contributed by atoms with Crippen molar-refractivity contribution in [1.82, 2.24) is 24.5 Å². The topological polar surface area (TPSA) is 77.6 Å². The van der Waals surface area contributed by atoms with Gasteiger partial charge in [0, 0.05) is 16.5 Å². The minimum Gasteiger partial charge on any atom is -0.320 e. The number of anilines is 1. The molecule has 3 aromatic heterocycles. The number of halogens is 1. The van der Waals surface area contributed by atoms with Crippen molar-refractivity contribution in [1.29, 1.82) is 0 Å². The SMILES string of the molecule is CC(C)c1c(C(=O)Nc2cnc3c(cnn3C(C)C)c2)cnn1-c1cccc(Cl)c1. The summed E-state index contributed by atoms with van der Waals surface area (Å²) in [5.41, 5.74) is 3.55. The predicted molar refractivity (Wildman–Crippen MR) is 119 cm³/mol. The number of hydrogen-bond donors (Lipinski definition) is 1. The second kappa shape index (κ2) is 7.91. The van der Waals surface area contributed by atoms with Gasteiger partial charge in [-0.1, -0.05) is 31.5 Å². The second-order valence-electron chi connectivity index (χ2n) is 7.76. The molecule has 1 N–H and O–H groups in total. The van der Waals surface area contributed by atoms with E-state index in [1.165, 1.54) is 0 Å². The van der Waals surface area contributed by atoms with Crippen molar-refractivity contribution in [3.8, 4) is 5.69 Å². The van der Waals surface area contributed by atoms with Gasteiger partial charge in [0.15, 0.2) is 5.65 Å². The summed E-state index contributed by atoms with van der Waals surface area (Å²) in [6.45, 7) is 8.16. The van der Waals surface area contributed by atoms with Crippen molar-refractivity contribution in [2.24, 2.45) is 0 Å². The number of benzene rings is 1. The van der Waals surface area contributed by atoms with Crippen LogP contribution in [0.25, 0.3) is 16.7 Å². The molecule has 4 aromatic rings. The highest BCUT2D eigenvalue weighted by atomic mass is 35.5. The largest absolute Gasteiger partial charge is 0.320 e. The maximum atomic E-state index is 13.1. The molecule has 4 rings (SSSR count). The average molecular weight is 423 g/mol. The van der Waals surface area contributed by atoms with Gasteiger partial charge in [-0.05, 0) is 44.0 Å². The molecule has 0 saturated heterocycles. The molecule has 0 aliphatic rings. The van der Waals surface area contributed by atoms with Crippen LogP contribution in [0.1, 0.15) is 55.7 Å². The summed E-state index contributed by atoms with van der Waals surface area (Å²) in [6, 6.07) is 9.50. The summed E-state index contributed by atoms with van der Waals surface area (Å²) in [5, 5.41) is 13.3. The first-order valence-electron chi connectivity index (χ1n) is 9.83. The van der Waals surface area contributed by atoms with Gasteiger partial charge in [0.25, 0.3) is 5.91 Å². The molecule has 0 radical (unpaired) electrons. The van der Waals surface area contributed by atoms with Crippen LogP contribution in [0, 0.1) is 0 Å². The van der Waals surface area contributed by atoms with Crippen molar-refractivity contribution >= 4 is 34.2 Å². The first kappa shape index (κ1) is 20.1. The van der Waals surface area contributed by atoms with Gasteiger partial charge in [-0.25, -0.2) is 14.3 Å². The highest BCUT2D eigenvalue weighted by molar-refractivity contribution is 6.30. The zero-order valence-electron chi connectivity index (χ0n) is 17.3. The Kier molecular flexibility index (Phi) is 5.30. The summed E-state index contributed by atoms with van der Waals surface area (Å²) >= 11 is 6.14. The Bertz CT molecular complexity index is 1220. The molecule has 0 saturated carbocycles. The van der Waals surface area contributed by atoms with Crippen LogP contribution in [0.15, 0.2) is 48.9 Å². The first-order valence-corrected chi connectivity index (χ1v) is 10.2. The molecule has 0 unspecified atom stereocenters. The smallest absolute Gasteiger partial charge is 0.259 e. The Morgan fingerprint density at radius 2 is 1.87 bits per heavy atom. The van der Waals surface area contributed by atoms with Crippen molar-refractivity contribution in [3.05, 3.63) is 65.2 Å². The van der Waals surface area contributed by atoms with Gasteiger partial charge in [-0.15, -0.1) is 0 Å². The van der Waals surface area contributed by atoms with Crippen LogP contribution >= 0.6 is 11.6 Å². The lowest BCUT2D eigenvalue weighted by Crippen LogP contribution is -2.15. The summed E-state index contributed by atoms with van der Waals surface area (Å²) in [5.74, 6) is -0.151. The Labute approximate surface area is 179 Å². The van der Waals surface area contributed by atoms with E-state index in [1.54, 1.807) is 23.3 Å². The Hall–Kier alpha value is -3.19. The molecular weight excluding hydrogens is 400 g/mol. The van der Waals surface area contributed by atoms with Crippen molar-refractivity contribution in [2.75, 3.05) is 5.32 Å².